The number of benzene rings is 1. The van der Waals surface area contributed by atoms with Gasteiger partial charge in [-0.25, -0.2) is 0 Å². The maximum atomic E-state index is 5.66. The molecule has 1 aromatic rings. The molecule has 1 fully saturated rings. The lowest BCUT2D eigenvalue weighted by atomic mass is 9.87. The van der Waals surface area contributed by atoms with E-state index in [4.69, 9.17) is 4.74 Å². The van der Waals surface area contributed by atoms with Crippen LogP contribution < -0.4 is 0 Å². The van der Waals surface area contributed by atoms with Crippen LogP contribution in [0.1, 0.15) is 44.7 Å². The monoisotopic (exact) mass is 204 g/mol. The molecule has 1 heteroatoms. The van der Waals surface area contributed by atoms with E-state index in [9.17, 15) is 0 Å². The predicted octanol–water partition coefficient (Wildman–Crippen LogP) is 3.66. The van der Waals surface area contributed by atoms with E-state index in [2.05, 4.69) is 45.0 Å². The average molecular weight is 204 g/mol. The first kappa shape index (κ1) is 10.7. The summed E-state index contributed by atoms with van der Waals surface area (Å²) in [7, 11) is 0. The van der Waals surface area contributed by atoms with E-state index in [0.717, 1.165) is 6.61 Å². The fourth-order valence-corrected chi connectivity index (χ4v) is 1.55. The summed E-state index contributed by atoms with van der Waals surface area (Å²) in [6, 6.07) is 8.79. The van der Waals surface area contributed by atoms with E-state index in [0.29, 0.717) is 6.10 Å². The van der Waals surface area contributed by atoms with Crippen LogP contribution in [-0.2, 0) is 16.8 Å². The van der Waals surface area contributed by atoms with Crippen LogP contribution in [0.3, 0.4) is 0 Å². The van der Waals surface area contributed by atoms with E-state index in [1.807, 2.05) is 0 Å². The molecule has 0 aromatic heterocycles. The highest BCUT2D eigenvalue weighted by molar-refractivity contribution is 5.27. The third-order valence-electron chi connectivity index (χ3n) is 2.83. The van der Waals surface area contributed by atoms with Gasteiger partial charge >= 0.3 is 0 Å². The van der Waals surface area contributed by atoms with Crippen molar-refractivity contribution in [2.24, 2.45) is 0 Å². The zero-order chi connectivity index (χ0) is 10.9. The van der Waals surface area contributed by atoms with Crippen molar-refractivity contribution in [3.8, 4) is 0 Å². The Morgan fingerprint density at radius 2 is 1.73 bits per heavy atom. The van der Waals surface area contributed by atoms with Gasteiger partial charge < -0.3 is 4.74 Å². The van der Waals surface area contributed by atoms with Crippen molar-refractivity contribution in [3.05, 3.63) is 35.4 Å². The van der Waals surface area contributed by atoms with Crippen molar-refractivity contribution in [3.63, 3.8) is 0 Å². The highest BCUT2D eigenvalue weighted by Gasteiger charge is 2.21. The van der Waals surface area contributed by atoms with Gasteiger partial charge in [-0.15, -0.1) is 0 Å². The second kappa shape index (κ2) is 3.97. The highest BCUT2D eigenvalue weighted by atomic mass is 16.5. The Balaban J connectivity index is 1.96. The second-order valence-electron chi connectivity index (χ2n) is 5.46. The molecule has 1 aliphatic rings. The smallest absolute Gasteiger partial charge is 0.0720 e. The maximum Gasteiger partial charge on any atom is 0.0720 e. The summed E-state index contributed by atoms with van der Waals surface area (Å²) in [4.78, 5) is 0. The summed E-state index contributed by atoms with van der Waals surface area (Å²) in [6.07, 6.45) is 3.05. The summed E-state index contributed by atoms with van der Waals surface area (Å²) in [6.45, 7) is 7.49. The number of rotatable bonds is 3. The Hall–Kier alpha value is -0.820. The SMILES string of the molecule is CC(C)(C)c1ccc(COC2CC2)cc1. The highest BCUT2D eigenvalue weighted by Crippen LogP contribution is 2.26. The quantitative estimate of drug-likeness (QED) is 0.730. The molecule has 0 spiro atoms. The molecule has 82 valence electrons. The molecular weight excluding hydrogens is 184 g/mol. The van der Waals surface area contributed by atoms with Crippen LogP contribution in [0.5, 0.6) is 0 Å². The molecule has 1 aromatic carbocycles. The maximum absolute atomic E-state index is 5.66. The van der Waals surface area contributed by atoms with Crippen LogP contribution in [0.4, 0.5) is 0 Å². The summed E-state index contributed by atoms with van der Waals surface area (Å²) in [5.41, 5.74) is 2.92. The Labute approximate surface area is 92.5 Å². The van der Waals surface area contributed by atoms with Gasteiger partial charge in [-0.05, 0) is 29.4 Å². The van der Waals surface area contributed by atoms with E-state index in [1.165, 1.54) is 24.0 Å². The fraction of sp³-hybridized carbons (Fsp3) is 0.571. The van der Waals surface area contributed by atoms with E-state index in [1.54, 1.807) is 0 Å². The molecule has 0 aliphatic heterocycles. The van der Waals surface area contributed by atoms with Gasteiger partial charge in [-0.3, -0.25) is 0 Å². The van der Waals surface area contributed by atoms with Gasteiger partial charge in [0.2, 0.25) is 0 Å². The third kappa shape index (κ3) is 3.07. The van der Waals surface area contributed by atoms with Crippen LogP contribution in [0, 0.1) is 0 Å². The Morgan fingerprint density at radius 3 is 2.20 bits per heavy atom. The van der Waals surface area contributed by atoms with Gasteiger partial charge in [0.25, 0.3) is 0 Å². The molecule has 2 rings (SSSR count). The van der Waals surface area contributed by atoms with Gasteiger partial charge in [0.05, 0.1) is 12.7 Å². The first-order chi connectivity index (χ1) is 7.05. The molecule has 0 unspecified atom stereocenters. The topological polar surface area (TPSA) is 9.23 Å². The van der Waals surface area contributed by atoms with Gasteiger partial charge in [-0.2, -0.15) is 0 Å². The Kier molecular flexibility index (Phi) is 2.83. The van der Waals surface area contributed by atoms with Gasteiger partial charge in [-0.1, -0.05) is 45.0 Å². The van der Waals surface area contributed by atoms with Crippen molar-refractivity contribution in [1.29, 1.82) is 0 Å². The number of ether oxygens (including phenoxy) is 1. The molecular formula is C14H20O. The Morgan fingerprint density at radius 1 is 1.13 bits per heavy atom. The minimum atomic E-state index is 0.246. The lowest BCUT2D eigenvalue weighted by molar-refractivity contribution is 0.106. The van der Waals surface area contributed by atoms with Gasteiger partial charge in [0.15, 0.2) is 0 Å². The first-order valence-electron chi connectivity index (χ1n) is 5.77. The molecule has 1 nitrogen and oxygen atoms in total. The summed E-state index contributed by atoms with van der Waals surface area (Å²) >= 11 is 0. The zero-order valence-electron chi connectivity index (χ0n) is 9.92. The molecule has 0 saturated heterocycles. The summed E-state index contributed by atoms with van der Waals surface area (Å²) in [5.74, 6) is 0. The zero-order valence-corrected chi connectivity index (χ0v) is 9.92. The largest absolute Gasteiger partial charge is 0.374 e. The molecule has 0 atom stereocenters. The fourth-order valence-electron chi connectivity index (χ4n) is 1.55. The van der Waals surface area contributed by atoms with Crippen LogP contribution in [0.2, 0.25) is 0 Å². The number of hydrogen-bond acceptors (Lipinski definition) is 1. The van der Waals surface area contributed by atoms with Crippen molar-refractivity contribution < 1.29 is 4.74 Å². The molecule has 1 saturated carbocycles. The van der Waals surface area contributed by atoms with Crippen molar-refractivity contribution in [2.75, 3.05) is 0 Å². The van der Waals surface area contributed by atoms with Crippen LogP contribution in [-0.4, -0.2) is 6.10 Å². The first-order valence-corrected chi connectivity index (χ1v) is 5.77. The minimum Gasteiger partial charge on any atom is -0.374 e. The average Bonchev–Trinajstić information content (AvgIpc) is 2.97. The van der Waals surface area contributed by atoms with E-state index in [-0.39, 0.29) is 5.41 Å². The Bertz CT molecular complexity index is 314. The van der Waals surface area contributed by atoms with Crippen LogP contribution in [0.25, 0.3) is 0 Å². The summed E-state index contributed by atoms with van der Waals surface area (Å²) in [5, 5.41) is 0. The van der Waals surface area contributed by atoms with Crippen molar-refractivity contribution >= 4 is 0 Å². The van der Waals surface area contributed by atoms with Crippen LogP contribution in [0.15, 0.2) is 24.3 Å². The molecule has 0 heterocycles. The number of hydrogen-bond donors (Lipinski definition) is 0. The molecule has 0 amide bonds. The lowest BCUT2D eigenvalue weighted by Crippen LogP contribution is -2.10. The molecule has 0 radical (unpaired) electrons. The molecule has 0 N–H and O–H groups in total. The van der Waals surface area contributed by atoms with Crippen LogP contribution >= 0.6 is 0 Å². The van der Waals surface area contributed by atoms with Crippen molar-refractivity contribution in [2.45, 2.75) is 51.7 Å². The third-order valence-corrected chi connectivity index (χ3v) is 2.83. The standard InChI is InChI=1S/C14H20O/c1-14(2,3)12-6-4-11(5-7-12)10-15-13-8-9-13/h4-7,13H,8-10H2,1-3H3. The normalized spacial score (nSPS) is 16.7. The minimum absolute atomic E-state index is 0.246. The van der Waals surface area contributed by atoms with Crippen molar-refractivity contribution in [1.82, 2.24) is 0 Å². The lowest BCUT2D eigenvalue weighted by Gasteiger charge is -2.19. The second-order valence-corrected chi connectivity index (χ2v) is 5.46. The van der Waals surface area contributed by atoms with E-state index >= 15 is 0 Å². The predicted molar refractivity (Wildman–Crippen MR) is 63.0 cm³/mol. The molecule has 15 heavy (non-hydrogen) atoms. The molecule has 0 bridgehead atoms. The summed E-state index contributed by atoms with van der Waals surface area (Å²) < 4.78 is 5.66. The van der Waals surface area contributed by atoms with Gasteiger partial charge in [0.1, 0.15) is 0 Å². The molecule has 1 aliphatic carbocycles. The van der Waals surface area contributed by atoms with E-state index < -0.39 is 0 Å². The van der Waals surface area contributed by atoms with Gasteiger partial charge in [0, 0.05) is 0 Å².